The normalized spacial score (nSPS) is 11.0. The van der Waals surface area contributed by atoms with Gasteiger partial charge in [0, 0.05) is 29.3 Å². The van der Waals surface area contributed by atoms with Crippen LogP contribution in [0.5, 0.6) is 0 Å². The van der Waals surface area contributed by atoms with E-state index in [4.69, 9.17) is 4.42 Å². The predicted molar refractivity (Wildman–Crippen MR) is 92.4 cm³/mol. The molecule has 0 aliphatic rings. The first-order valence-electron chi connectivity index (χ1n) is 7.83. The SMILES string of the molecule is Cc1c(C(=O)Nc2ccn(-c3ccc(F)cc3F)n2)oc2ccccc12. The van der Waals surface area contributed by atoms with Crippen LogP contribution in [0.3, 0.4) is 0 Å². The minimum Gasteiger partial charge on any atom is -0.451 e. The molecule has 130 valence electrons. The zero-order valence-electron chi connectivity index (χ0n) is 13.7. The molecular weight excluding hydrogens is 340 g/mol. The van der Waals surface area contributed by atoms with Gasteiger partial charge in [0.25, 0.3) is 5.91 Å². The van der Waals surface area contributed by atoms with Gasteiger partial charge in [0.05, 0.1) is 0 Å². The van der Waals surface area contributed by atoms with Gasteiger partial charge in [0.1, 0.15) is 17.1 Å². The van der Waals surface area contributed by atoms with Crippen LogP contribution in [-0.4, -0.2) is 15.7 Å². The van der Waals surface area contributed by atoms with Gasteiger partial charge in [-0.05, 0) is 25.1 Å². The van der Waals surface area contributed by atoms with Gasteiger partial charge in [-0.2, -0.15) is 0 Å². The van der Waals surface area contributed by atoms with Crippen LogP contribution in [0.15, 0.2) is 59.1 Å². The van der Waals surface area contributed by atoms with E-state index >= 15 is 0 Å². The molecule has 0 aliphatic heterocycles. The van der Waals surface area contributed by atoms with Crippen LogP contribution in [0.2, 0.25) is 0 Å². The van der Waals surface area contributed by atoms with E-state index in [1.54, 1.807) is 13.0 Å². The summed E-state index contributed by atoms with van der Waals surface area (Å²) in [5.41, 5.74) is 1.42. The molecule has 5 nitrogen and oxygen atoms in total. The van der Waals surface area contributed by atoms with Crippen molar-refractivity contribution in [3.05, 3.63) is 77.7 Å². The van der Waals surface area contributed by atoms with Crippen LogP contribution >= 0.6 is 0 Å². The number of halogens is 2. The second kappa shape index (κ2) is 6.11. The maximum Gasteiger partial charge on any atom is 0.292 e. The Morgan fingerprint density at radius 2 is 1.96 bits per heavy atom. The van der Waals surface area contributed by atoms with E-state index in [-0.39, 0.29) is 17.3 Å². The number of furan rings is 1. The maximum atomic E-state index is 13.8. The largest absolute Gasteiger partial charge is 0.451 e. The second-order valence-corrected chi connectivity index (χ2v) is 5.75. The van der Waals surface area contributed by atoms with Crippen molar-refractivity contribution in [1.29, 1.82) is 0 Å². The Hall–Kier alpha value is -3.48. The Morgan fingerprint density at radius 3 is 2.73 bits per heavy atom. The molecule has 2 aromatic heterocycles. The first-order chi connectivity index (χ1) is 12.5. The standard InChI is InChI=1S/C19H13F2N3O2/c1-11-13-4-2-3-5-16(13)26-18(11)19(25)22-17-8-9-24(23-17)15-7-6-12(20)10-14(15)21/h2-10H,1H3,(H,22,23,25). The molecule has 0 unspecified atom stereocenters. The van der Waals surface area contributed by atoms with Gasteiger partial charge in [-0.25, -0.2) is 13.5 Å². The Balaban J connectivity index is 1.60. The summed E-state index contributed by atoms with van der Waals surface area (Å²) >= 11 is 0. The van der Waals surface area contributed by atoms with Gasteiger partial charge >= 0.3 is 0 Å². The summed E-state index contributed by atoms with van der Waals surface area (Å²) in [6, 6.07) is 12.0. The lowest BCUT2D eigenvalue weighted by Gasteiger charge is -2.03. The number of benzene rings is 2. The van der Waals surface area contributed by atoms with Crippen LogP contribution in [0.1, 0.15) is 16.1 Å². The van der Waals surface area contributed by atoms with Crippen LogP contribution in [0.4, 0.5) is 14.6 Å². The highest BCUT2D eigenvalue weighted by molar-refractivity contribution is 6.06. The van der Waals surface area contributed by atoms with Gasteiger partial charge in [-0.15, -0.1) is 5.10 Å². The molecule has 0 atom stereocenters. The Bertz CT molecular complexity index is 1130. The summed E-state index contributed by atoms with van der Waals surface area (Å²) in [7, 11) is 0. The van der Waals surface area contributed by atoms with Gasteiger partial charge in [-0.1, -0.05) is 18.2 Å². The van der Waals surface area contributed by atoms with E-state index < -0.39 is 17.5 Å². The molecule has 2 aromatic carbocycles. The van der Waals surface area contributed by atoms with E-state index in [1.165, 1.54) is 23.0 Å². The molecule has 0 saturated carbocycles. The average Bonchev–Trinajstić information content (AvgIpc) is 3.20. The zero-order chi connectivity index (χ0) is 18.3. The number of anilines is 1. The number of hydrogen-bond donors (Lipinski definition) is 1. The number of para-hydroxylation sites is 1. The molecule has 0 fully saturated rings. The minimum absolute atomic E-state index is 0.0758. The molecule has 0 spiro atoms. The third kappa shape index (κ3) is 2.73. The van der Waals surface area contributed by atoms with E-state index in [1.807, 2.05) is 18.2 Å². The molecule has 2 heterocycles. The highest BCUT2D eigenvalue weighted by Crippen LogP contribution is 2.25. The number of aryl methyl sites for hydroxylation is 1. The van der Waals surface area contributed by atoms with Crippen molar-refractivity contribution in [2.45, 2.75) is 6.92 Å². The Labute approximate surface area is 146 Å². The molecule has 4 rings (SSSR count). The fourth-order valence-electron chi connectivity index (χ4n) is 2.76. The minimum atomic E-state index is -0.751. The average molecular weight is 353 g/mol. The molecule has 0 aliphatic carbocycles. The first kappa shape index (κ1) is 16.0. The van der Waals surface area contributed by atoms with E-state index in [0.717, 1.165) is 23.1 Å². The van der Waals surface area contributed by atoms with Crippen molar-refractivity contribution in [3.63, 3.8) is 0 Å². The number of rotatable bonds is 3. The topological polar surface area (TPSA) is 60.1 Å². The third-order valence-corrected chi connectivity index (χ3v) is 4.04. The number of amides is 1. The molecule has 0 bridgehead atoms. The van der Waals surface area contributed by atoms with Crippen molar-refractivity contribution < 1.29 is 18.0 Å². The van der Waals surface area contributed by atoms with Crippen molar-refractivity contribution in [1.82, 2.24) is 9.78 Å². The number of carbonyl (C=O) groups excluding carboxylic acids is 1. The lowest BCUT2D eigenvalue weighted by Crippen LogP contribution is -2.13. The second-order valence-electron chi connectivity index (χ2n) is 5.75. The summed E-state index contributed by atoms with van der Waals surface area (Å²) in [5, 5.41) is 7.58. The summed E-state index contributed by atoms with van der Waals surface area (Å²) < 4.78 is 33.7. The van der Waals surface area contributed by atoms with Crippen molar-refractivity contribution in [3.8, 4) is 5.69 Å². The van der Waals surface area contributed by atoms with Crippen LogP contribution in [0.25, 0.3) is 16.7 Å². The van der Waals surface area contributed by atoms with Crippen LogP contribution in [0, 0.1) is 18.6 Å². The fourth-order valence-corrected chi connectivity index (χ4v) is 2.76. The van der Waals surface area contributed by atoms with E-state index in [9.17, 15) is 13.6 Å². The molecule has 4 aromatic rings. The van der Waals surface area contributed by atoms with Crippen molar-refractivity contribution in [2.75, 3.05) is 5.32 Å². The van der Waals surface area contributed by atoms with Crippen molar-refractivity contribution in [2.24, 2.45) is 0 Å². The summed E-state index contributed by atoms with van der Waals surface area (Å²) in [5.74, 6) is -1.47. The van der Waals surface area contributed by atoms with Crippen LogP contribution < -0.4 is 5.32 Å². The van der Waals surface area contributed by atoms with Crippen LogP contribution in [-0.2, 0) is 0 Å². The highest BCUT2D eigenvalue weighted by Gasteiger charge is 2.18. The molecule has 1 N–H and O–H groups in total. The summed E-state index contributed by atoms with van der Waals surface area (Å²) in [6.45, 7) is 1.80. The molecule has 1 amide bonds. The van der Waals surface area contributed by atoms with E-state index in [0.29, 0.717) is 5.58 Å². The van der Waals surface area contributed by atoms with Crippen molar-refractivity contribution >= 4 is 22.7 Å². The van der Waals surface area contributed by atoms with Gasteiger partial charge < -0.3 is 9.73 Å². The maximum absolute atomic E-state index is 13.8. The molecular formula is C19H13F2N3O2. The summed E-state index contributed by atoms with van der Waals surface area (Å²) in [4.78, 5) is 12.5. The lowest BCUT2D eigenvalue weighted by molar-refractivity contribution is 0.0997. The first-order valence-corrected chi connectivity index (χ1v) is 7.83. The number of fused-ring (bicyclic) bond motifs is 1. The van der Waals surface area contributed by atoms with Gasteiger partial charge in [0.2, 0.25) is 0 Å². The molecule has 0 saturated heterocycles. The number of nitrogens with one attached hydrogen (secondary N) is 1. The van der Waals surface area contributed by atoms with Gasteiger partial charge in [-0.3, -0.25) is 4.79 Å². The molecule has 7 heteroatoms. The Kier molecular flexibility index (Phi) is 3.76. The molecule has 26 heavy (non-hydrogen) atoms. The quantitative estimate of drug-likeness (QED) is 0.592. The van der Waals surface area contributed by atoms with E-state index in [2.05, 4.69) is 10.4 Å². The van der Waals surface area contributed by atoms with Gasteiger partial charge in [0.15, 0.2) is 17.4 Å². The monoisotopic (exact) mass is 353 g/mol. The number of carbonyl (C=O) groups is 1. The Morgan fingerprint density at radius 1 is 1.15 bits per heavy atom. The summed E-state index contributed by atoms with van der Waals surface area (Å²) in [6.07, 6.45) is 1.47. The highest BCUT2D eigenvalue weighted by atomic mass is 19.1. The fraction of sp³-hybridized carbons (Fsp3) is 0.0526. The number of nitrogens with zero attached hydrogens (tertiary/aromatic N) is 2. The molecule has 0 radical (unpaired) electrons. The zero-order valence-corrected chi connectivity index (χ0v) is 13.7. The predicted octanol–water partition coefficient (Wildman–Crippen LogP) is 4.46. The lowest BCUT2D eigenvalue weighted by atomic mass is 10.1. The number of aromatic nitrogens is 2. The third-order valence-electron chi connectivity index (χ3n) is 4.04. The smallest absolute Gasteiger partial charge is 0.292 e. The number of hydrogen-bond acceptors (Lipinski definition) is 3.